The van der Waals surface area contributed by atoms with Gasteiger partial charge < -0.3 is 14.1 Å². The Labute approximate surface area is 283 Å². The van der Waals surface area contributed by atoms with Crippen molar-refractivity contribution < 1.29 is 9.15 Å². The predicted octanol–water partition coefficient (Wildman–Crippen LogP) is 13.3. The molecule has 230 valence electrons. The van der Waals surface area contributed by atoms with Gasteiger partial charge in [-0.2, -0.15) is 0 Å². The average Bonchev–Trinajstić information content (AvgIpc) is 3.59. The monoisotopic (exact) mass is 627 g/mol. The Morgan fingerprint density at radius 2 is 0.959 bits per heavy atom. The number of furan rings is 1. The molecule has 3 heteroatoms. The van der Waals surface area contributed by atoms with E-state index < -0.39 is 0 Å². The number of hydrogen-bond acceptors (Lipinski definition) is 3. The molecular weight excluding hydrogens is 599 g/mol. The zero-order valence-corrected chi connectivity index (χ0v) is 26.5. The zero-order chi connectivity index (χ0) is 32.3. The van der Waals surface area contributed by atoms with Crippen LogP contribution in [0.25, 0.3) is 66.1 Å². The summed E-state index contributed by atoms with van der Waals surface area (Å²) in [5, 5.41) is 5.82. The number of anilines is 3. The molecule has 0 saturated carbocycles. The van der Waals surface area contributed by atoms with E-state index in [4.69, 9.17) is 9.15 Å². The van der Waals surface area contributed by atoms with Gasteiger partial charge in [0, 0.05) is 27.6 Å². The second-order valence-electron chi connectivity index (χ2n) is 12.5. The van der Waals surface area contributed by atoms with E-state index in [2.05, 4.69) is 150 Å². The number of nitrogens with zero attached hydrogens (tertiary/aromatic N) is 1. The van der Waals surface area contributed by atoms with Gasteiger partial charge in [0.1, 0.15) is 11.3 Å². The van der Waals surface area contributed by atoms with E-state index in [-0.39, 0.29) is 0 Å². The smallest absolute Gasteiger partial charge is 0.151 e. The van der Waals surface area contributed by atoms with Gasteiger partial charge in [0.05, 0.1) is 11.4 Å². The molecule has 0 bridgehead atoms. The van der Waals surface area contributed by atoms with E-state index in [1.807, 2.05) is 30.3 Å². The normalized spacial score (nSPS) is 12.2. The third-order valence-corrected chi connectivity index (χ3v) is 9.65. The molecule has 0 spiro atoms. The Morgan fingerprint density at radius 3 is 1.65 bits per heavy atom. The van der Waals surface area contributed by atoms with E-state index in [0.29, 0.717) is 0 Å². The van der Waals surface area contributed by atoms with E-state index in [1.165, 1.54) is 21.7 Å². The van der Waals surface area contributed by atoms with Gasteiger partial charge >= 0.3 is 0 Å². The van der Waals surface area contributed by atoms with Gasteiger partial charge in [-0.05, 0) is 75.3 Å². The summed E-state index contributed by atoms with van der Waals surface area (Å²) >= 11 is 0. The quantitative estimate of drug-likeness (QED) is 0.182. The standard InChI is InChI=1S/C46H29NO2/c1-3-13-31(14-4-1)43-44-36-28-25-33(29-38(36)35-17-7-8-18-37(35)46(44)49-45(43)32-15-5-2-6-16-32)30-23-26-34(27-24-30)47-39-19-9-11-21-41(39)48-42-22-12-10-20-40(42)47/h1-29H. The van der Waals surface area contributed by atoms with Crippen molar-refractivity contribution in [1.29, 1.82) is 0 Å². The van der Waals surface area contributed by atoms with Gasteiger partial charge in [0.25, 0.3) is 0 Å². The molecule has 0 atom stereocenters. The van der Waals surface area contributed by atoms with Crippen molar-refractivity contribution in [2.75, 3.05) is 4.90 Å². The van der Waals surface area contributed by atoms with Crippen LogP contribution in [0.2, 0.25) is 0 Å². The van der Waals surface area contributed by atoms with Crippen molar-refractivity contribution in [3.63, 3.8) is 0 Å². The lowest BCUT2D eigenvalue weighted by Gasteiger charge is -2.32. The Bertz CT molecular complexity index is 2630. The molecule has 1 aromatic heterocycles. The summed E-state index contributed by atoms with van der Waals surface area (Å²) in [7, 11) is 0. The summed E-state index contributed by atoms with van der Waals surface area (Å²) < 4.78 is 13.1. The molecule has 10 rings (SSSR count). The molecule has 0 N–H and O–H groups in total. The lowest BCUT2D eigenvalue weighted by atomic mass is 9.91. The molecule has 2 heterocycles. The van der Waals surface area contributed by atoms with Crippen LogP contribution in [0, 0.1) is 0 Å². The van der Waals surface area contributed by atoms with Gasteiger partial charge in [-0.25, -0.2) is 0 Å². The van der Waals surface area contributed by atoms with Crippen molar-refractivity contribution in [1.82, 2.24) is 0 Å². The first-order valence-corrected chi connectivity index (χ1v) is 16.6. The minimum absolute atomic E-state index is 0.850. The van der Waals surface area contributed by atoms with E-state index >= 15 is 0 Å². The fraction of sp³-hybridized carbons (Fsp3) is 0. The average molecular weight is 628 g/mol. The molecule has 0 unspecified atom stereocenters. The summed E-state index contributed by atoms with van der Waals surface area (Å²) in [5.41, 5.74) is 9.71. The van der Waals surface area contributed by atoms with Gasteiger partial charge in [-0.3, -0.25) is 0 Å². The highest BCUT2D eigenvalue weighted by Crippen LogP contribution is 2.51. The number of para-hydroxylation sites is 4. The van der Waals surface area contributed by atoms with Gasteiger partial charge in [0.2, 0.25) is 0 Å². The molecule has 1 aliphatic rings. The maximum absolute atomic E-state index is 6.88. The van der Waals surface area contributed by atoms with Crippen LogP contribution < -0.4 is 9.64 Å². The molecule has 0 fully saturated rings. The largest absolute Gasteiger partial charge is 0.455 e. The maximum atomic E-state index is 6.88. The molecular formula is C46H29NO2. The highest BCUT2D eigenvalue weighted by atomic mass is 16.5. The van der Waals surface area contributed by atoms with Crippen molar-refractivity contribution >= 4 is 49.6 Å². The zero-order valence-electron chi connectivity index (χ0n) is 26.5. The Hall–Kier alpha value is -6.58. The molecule has 1 aliphatic heterocycles. The molecule has 0 radical (unpaired) electrons. The lowest BCUT2D eigenvalue weighted by molar-refractivity contribution is 0.477. The summed E-state index contributed by atoms with van der Waals surface area (Å²) in [6.07, 6.45) is 0. The van der Waals surface area contributed by atoms with Crippen LogP contribution in [0.5, 0.6) is 11.5 Å². The van der Waals surface area contributed by atoms with Crippen LogP contribution in [-0.4, -0.2) is 0 Å². The minimum atomic E-state index is 0.850. The Balaban J connectivity index is 1.16. The van der Waals surface area contributed by atoms with Crippen LogP contribution in [0.4, 0.5) is 17.1 Å². The molecule has 9 aromatic rings. The molecule has 8 aromatic carbocycles. The van der Waals surface area contributed by atoms with Gasteiger partial charge in [0.15, 0.2) is 11.5 Å². The lowest BCUT2D eigenvalue weighted by Crippen LogP contribution is -2.15. The Kier molecular flexibility index (Phi) is 6.18. The first kappa shape index (κ1) is 27.5. The van der Waals surface area contributed by atoms with E-state index in [0.717, 1.165) is 72.9 Å². The summed E-state index contributed by atoms with van der Waals surface area (Å²) in [6.45, 7) is 0. The summed E-state index contributed by atoms with van der Waals surface area (Å²) in [4.78, 5) is 2.27. The molecule has 3 nitrogen and oxygen atoms in total. The maximum Gasteiger partial charge on any atom is 0.151 e. The second-order valence-corrected chi connectivity index (χ2v) is 12.5. The molecule has 0 aliphatic carbocycles. The molecule has 0 amide bonds. The molecule has 0 saturated heterocycles. The fourth-order valence-corrected chi connectivity index (χ4v) is 7.42. The fourth-order valence-electron chi connectivity index (χ4n) is 7.42. The van der Waals surface area contributed by atoms with Gasteiger partial charge in [-0.15, -0.1) is 0 Å². The topological polar surface area (TPSA) is 25.6 Å². The third-order valence-electron chi connectivity index (χ3n) is 9.65. The van der Waals surface area contributed by atoms with Crippen molar-refractivity contribution in [2.24, 2.45) is 0 Å². The highest BCUT2D eigenvalue weighted by molar-refractivity contribution is 6.28. The van der Waals surface area contributed by atoms with Crippen LogP contribution in [0.3, 0.4) is 0 Å². The number of benzene rings is 8. The Morgan fingerprint density at radius 1 is 0.388 bits per heavy atom. The van der Waals surface area contributed by atoms with Crippen molar-refractivity contribution in [2.45, 2.75) is 0 Å². The van der Waals surface area contributed by atoms with Crippen LogP contribution in [0.15, 0.2) is 180 Å². The number of fused-ring (bicyclic) bond motifs is 8. The summed E-state index contributed by atoms with van der Waals surface area (Å²) in [6, 6.07) is 61.8. The van der Waals surface area contributed by atoms with Crippen LogP contribution in [-0.2, 0) is 0 Å². The van der Waals surface area contributed by atoms with Crippen LogP contribution >= 0.6 is 0 Å². The predicted molar refractivity (Wildman–Crippen MR) is 202 cm³/mol. The summed E-state index contributed by atoms with van der Waals surface area (Å²) in [5.74, 6) is 2.59. The second kappa shape index (κ2) is 11.0. The number of rotatable bonds is 4. The van der Waals surface area contributed by atoms with Crippen molar-refractivity contribution in [3.8, 4) is 45.1 Å². The third kappa shape index (κ3) is 4.37. The number of hydrogen-bond donors (Lipinski definition) is 0. The highest BCUT2D eigenvalue weighted by Gasteiger charge is 2.26. The van der Waals surface area contributed by atoms with Crippen LogP contribution in [0.1, 0.15) is 0 Å². The van der Waals surface area contributed by atoms with Crippen molar-refractivity contribution in [3.05, 3.63) is 176 Å². The molecule has 49 heavy (non-hydrogen) atoms. The van der Waals surface area contributed by atoms with Gasteiger partial charge in [-0.1, -0.05) is 133 Å². The first-order valence-electron chi connectivity index (χ1n) is 16.6. The SMILES string of the molecule is c1ccc(-c2oc3c4ccccc4c4cc(-c5ccc(N6c7ccccc7Oc7ccccc76)cc5)ccc4c3c2-c2ccccc2)cc1. The van der Waals surface area contributed by atoms with E-state index in [1.54, 1.807) is 0 Å². The first-order chi connectivity index (χ1) is 24.3. The minimum Gasteiger partial charge on any atom is -0.455 e. The number of ether oxygens (including phenoxy) is 1. The van der Waals surface area contributed by atoms with E-state index in [9.17, 15) is 0 Å².